The summed E-state index contributed by atoms with van der Waals surface area (Å²) in [4.78, 5) is 14.7. The lowest BCUT2D eigenvalue weighted by Crippen LogP contribution is -2.31. The number of nitrogens with one attached hydrogen (secondary N) is 1. The molecule has 1 saturated heterocycles. The molecule has 1 N–H and O–H groups in total. The van der Waals surface area contributed by atoms with E-state index in [9.17, 15) is 4.79 Å². The molecular formula is C18H22ClN3O2. The molecule has 2 aromatic rings. The van der Waals surface area contributed by atoms with Gasteiger partial charge in [0.05, 0.1) is 5.69 Å². The summed E-state index contributed by atoms with van der Waals surface area (Å²) in [7, 11) is 0. The number of hydrogen-bond donors (Lipinski definition) is 1. The normalized spacial score (nSPS) is 17.3. The first-order valence-electron chi connectivity index (χ1n) is 8.32. The van der Waals surface area contributed by atoms with Gasteiger partial charge in [0.25, 0.3) is 5.91 Å². The molecule has 1 aliphatic heterocycles. The van der Waals surface area contributed by atoms with Gasteiger partial charge < -0.3 is 14.7 Å². The van der Waals surface area contributed by atoms with Crippen LogP contribution in [0.5, 0.6) is 0 Å². The number of amides is 1. The summed E-state index contributed by atoms with van der Waals surface area (Å²) in [6, 6.07) is 7.90. The Labute approximate surface area is 147 Å². The minimum Gasteiger partial charge on any atom is -0.371 e. The number of benzene rings is 1. The first kappa shape index (κ1) is 16.8. The molecule has 3 rings (SSSR count). The molecule has 1 amide bonds. The maximum atomic E-state index is 12.4. The zero-order valence-electron chi connectivity index (χ0n) is 14.0. The molecule has 6 heteroatoms. The zero-order valence-corrected chi connectivity index (χ0v) is 14.8. The number of aromatic nitrogens is 1. The Bertz CT molecular complexity index is 712. The minimum atomic E-state index is -0.0875. The molecule has 0 aliphatic carbocycles. The van der Waals surface area contributed by atoms with E-state index < -0.39 is 0 Å². The predicted octanol–water partition coefficient (Wildman–Crippen LogP) is 3.46. The number of rotatable bonds is 5. The average Bonchev–Trinajstić information content (AvgIpc) is 3.20. The third kappa shape index (κ3) is 3.56. The monoisotopic (exact) mass is 347 g/mol. The summed E-state index contributed by atoms with van der Waals surface area (Å²) >= 11 is 5.94. The Morgan fingerprint density at radius 2 is 2.17 bits per heavy atom. The summed E-state index contributed by atoms with van der Waals surface area (Å²) in [5.74, 6) is 0.934. The highest BCUT2D eigenvalue weighted by molar-refractivity contribution is 6.30. The Morgan fingerprint density at radius 1 is 1.42 bits per heavy atom. The maximum Gasteiger partial charge on any atom is 0.256 e. The van der Waals surface area contributed by atoms with Crippen molar-refractivity contribution < 1.29 is 9.32 Å². The highest BCUT2D eigenvalue weighted by Crippen LogP contribution is 2.25. The lowest BCUT2D eigenvalue weighted by atomic mass is 10.1. The summed E-state index contributed by atoms with van der Waals surface area (Å²) in [5.41, 5.74) is 2.49. The number of nitrogens with zero attached hydrogens (tertiary/aromatic N) is 2. The van der Waals surface area contributed by atoms with Crippen LogP contribution in [0.4, 0.5) is 5.69 Å². The van der Waals surface area contributed by atoms with Crippen LogP contribution in [0.1, 0.15) is 35.2 Å². The van der Waals surface area contributed by atoms with Crippen LogP contribution in [-0.4, -0.2) is 30.7 Å². The second kappa shape index (κ2) is 7.26. The standard InChI is InChI=1S/C18H22ClN3O2/c1-3-16-17(12(2)24-21-16)18(23)20-10-13-8-9-22(11-13)15-6-4-14(19)5-7-15/h4-7,13H,3,8-11H2,1-2H3,(H,20,23)/t13-/m0/s1. The largest absolute Gasteiger partial charge is 0.371 e. The van der Waals surface area contributed by atoms with Crippen LogP contribution in [0.2, 0.25) is 5.02 Å². The van der Waals surface area contributed by atoms with Gasteiger partial charge >= 0.3 is 0 Å². The molecule has 128 valence electrons. The van der Waals surface area contributed by atoms with E-state index in [-0.39, 0.29) is 5.91 Å². The number of aryl methyl sites for hydroxylation is 2. The molecule has 0 unspecified atom stereocenters. The lowest BCUT2D eigenvalue weighted by molar-refractivity contribution is 0.0946. The third-order valence-electron chi connectivity index (χ3n) is 4.52. The highest BCUT2D eigenvalue weighted by Gasteiger charge is 2.25. The Kier molecular flexibility index (Phi) is 5.09. The Hall–Kier alpha value is -2.01. The topological polar surface area (TPSA) is 58.4 Å². The number of carbonyl (C=O) groups excluding carboxylic acids is 1. The van der Waals surface area contributed by atoms with E-state index in [0.29, 0.717) is 30.2 Å². The van der Waals surface area contributed by atoms with Crippen molar-refractivity contribution in [2.45, 2.75) is 26.7 Å². The van der Waals surface area contributed by atoms with E-state index in [0.717, 1.165) is 30.2 Å². The maximum absolute atomic E-state index is 12.4. The van der Waals surface area contributed by atoms with Crippen molar-refractivity contribution in [1.82, 2.24) is 10.5 Å². The number of anilines is 1. The van der Waals surface area contributed by atoms with Crippen LogP contribution in [-0.2, 0) is 6.42 Å². The second-order valence-electron chi connectivity index (χ2n) is 6.20. The van der Waals surface area contributed by atoms with Crippen molar-refractivity contribution in [3.63, 3.8) is 0 Å². The van der Waals surface area contributed by atoms with Crippen molar-refractivity contribution in [2.75, 3.05) is 24.5 Å². The van der Waals surface area contributed by atoms with Gasteiger partial charge in [0, 0.05) is 30.3 Å². The fraction of sp³-hybridized carbons (Fsp3) is 0.444. The van der Waals surface area contributed by atoms with Crippen LogP contribution in [0.3, 0.4) is 0 Å². The van der Waals surface area contributed by atoms with Gasteiger partial charge in [-0.3, -0.25) is 4.79 Å². The molecule has 24 heavy (non-hydrogen) atoms. The van der Waals surface area contributed by atoms with Gasteiger partial charge in [-0.25, -0.2) is 0 Å². The summed E-state index contributed by atoms with van der Waals surface area (Å²) < 4.78 is 5.13. The van der Waals surface area contributed by atoms with E-state index in [1.165, 1.54) is 5.69 Å². The SMILES string of the molecule is CCc1noc(C)c1C(=O)NC[C@@H]1CCN(c2ccc(Cl)cc2)C1. The summed E-state index contributed by atoms with van der Waals surface area (Å²) in [5, 5.41) is 7.72. The number of halogens is 1. The predicted molar refractivity (Wildman–Crippen MR) is 94.7 cm³/mol. The summed E-state index contributed by atoms with van der Waals surface area (Å²) in [6.07, 6.45) is 1.75. The third-order valence-corrected chi connectivity index (χ3v) is 4.78. The van der Waals surface area contributed by atoms with Gasteiger partial charge in [0.1, 0.15) is 11.3 Å². The molecule has 0 spiro atoms. The zero-order chi connectivity index (χ0) is 17.1. The van der Waals surface area contributed by atoms with E-state index >= 15 is 0 Å². The molecule has 1 aliphatic rings. The van der Waals surface area contributed by atoms with E-state index in [2.05, 4.69) is 15.4 Å². The van der Waals surface area contributed by atoms with Crippen molar-refractivity contribution in [3.05, 3.63) is 46.3 Å². The van der Waals surface area contributed by atoms with E-state index in [1.807, 2.05) is 31.2 Å². The molecule has 1 aromatic heterocycles. The molecular weight excluding hydrogens is 326 g/mol. The van der Waals surface area contributed by atoms with Crippen LogP contribution in [0.25, 0.3) is 0 Å². The van der Waals surface area contributed by atoms with Gasteiger partial charge in [0.2, 0.25) is 0 Å². The lowest BCUT2D eigenvalue weighted by Gasteiger charge is -2.19. The van der Waals surface area contributed by atoms with Gasteiger partial charge in [-0.05, 0) is 49.9 Å². The van der Waals surface area contributed by atoms with Crippen LogP contribution >= 0.6 is 11.6 Å². The minimum absolute atomic E-state index is 0.0875. The van der Waals surface area contributed by atoms with Gasteiger partial charge in [-0.15, -0.1) is 0 Å². The number of carbonyl (C=O) groups is 1. The first-order chi connectivity index (χ1) is 11.6. The number of hydrogen-bond acceptors (Lipinski definition) is 4. The Morgan fingerprint density at radius 3 is 2.88 bits per heavy atom. The van der Waals surface area contributed by atoms with Crippen molar-refractivity contribution >= 4 is 23.2 Å². The van der Waals surface area contributed by atoms with Gasteiger partial charge in [-0.1, -0.05) is 23.7 Å². The first-order valence-corrected chi connectivity index (χ1v) is 8.70. The molecule has 2 heterocycles. The highest BCUT2D eigenvalue weighted by atomic mass is 35.5. The second-order valence-corrected chi connectivity index (χ2v) is 6.64. The van der Waals surface area contributed by atoms with Crippen LogP contribution in [0, 0.1) is 12.8 Å². The van der Waals surface area contributed by atoms with E-state index in [4.69, 9.17) is 16.1 Å². The fourth-order valence-corrected chi connectivity index (χ4v) is 3.29. The fourth-order valence-electron chi connectivity index (χ4n) is 3.16. The Balaban J connectivity index is 1.55. The molecule has 0 radical (unpaired) electrons. The molecule has 1 atom stereocenters. The molecule has 5 nitrogen and oxygen atoms in total. The molecule has 1 fully saturated rings. The van der Waals surface area contributed by atoms with Crippen molar-refractivity contribution in [1.29, 1.82) is 0 Å². The van der Waals surface area contributed by atoms with Crippen LogP contribution < -0.4 is 10.2 Å². The van der Waals surface area contributed by atoms with Crippen LogP contribution in [0.15, 0.2) is 28.8 Å². The average molecular weight is 348 g/mol. The van der Waals surface area contributed by atoms with Crippen molar-refractivity contribution in [3.8, 4) is 0 Å². The van der Waals surface area contributed by atoms with Crippen molar-refractivity contribution in [2.24, 2.45) is 5.92 Å². The van der Waals surface area contributed by atoms with E-state index in [1.54, 1.807) is 6.92 Å². The molecule has 0 saturated carbocycles. The smallest absolute Gasteiger partial charge is 0.256 e. The van der Waals surface area contributed by atoms with Gasteiger partial charge in [0.15, 0.2) is 0 Å². The summed E-state index contributed by atoms with van der Waals surface area (Å²) in [6.45, 7) is 6.34. The quantitative estimate of drug-likeness (QED) is 0.900. The molecule has 0 bridgehead atoms. The van der Waals surface area contributed by atoms with Gasteiger partial charge in [-0.2, -0.15) is 0 Å². The molecule has 1 aromatic carbocycles.